The highest BCUT2D eigenvalue weighted by atomic mass is 35.5. The first-order valence-corrected chi connectivity index (χ1v) is 9.99. The van der Waals surface area contributed by atoms with Crippen LogP contribution in [0.3, 0.4) is 0 Å². The molecule has 0 aliphatic rings. The third-order valence-electron chi connectivity index (χ3n) is 3.20. The molecule has 1 aromatic carbocycles. The van der Waals surface area contributed by atoms with Crippen molar-refractivity contribution >= 4 is 43.8 Å². The van der Waals surface area contributed by atoms with Gasteiger partial charge in [-0.2, -0.15) is 0 Å². The number of nitrogens with one attached hydrogen (secondary N) is 1. The van der Waals surface area contributed by atoms with Gasteiger partial charge in [-0.05, 0) is 36.4 Å². The van der Waals surface area contributed by atoms with Crippen molar-refractivity contribution in [3.8, 4) is 11.3 Å². The number of nitrogens with zero attached hydrogens (tertiary/aromatic N) is 2. The number of anilines is 1. The molecule has 0 saturated heterocycles. The van der Waals surface area contributed by atoms with Gasteiger partial charge in [-0.1, -0.05) is 11.6 Å². The van der Waals surface area contributed by atoms with E-state index in [9.17, 15) is 13.2 Å². The summed E-state index contributed by atoms with van der Waals surface area (Å²) in [4.78, 5) is 20.4. The fourth-order valence-electron chi connectivity index (χ4n) is 2.03. The largest absolute Gasteiger partial charge is 0.301 e. The number of pyridine rings is 1. The molecular formula is C16H12ClN3O3S2. The molecule has 1 amide bonds. The molecule has 3 aromatic rings. The summed E-state index contributed by atoms with van der Waals surface area (Å²) in [6.45, 7) is 0. The second kappa shape index (κ2) is 7.30. The predicted octanol–water partition coefficient (Wildman–Crippen LogP) is 3.27. The summed E-state index contributed by atoms with van der Waals surface area (Å²) < 4.78 is 24.5. The van der Waals surface area contributed by atoms with Gasteiger partial charge in [0.05, 0.1) is 10.6 Å². The van der Waals surface area contributed by atoms with Crippen LogP contribution in [-0.4, -0.2) is 30.0 Å². The molecular weight excluding hydrogens is 382 g/mol. The Morgan fingerprint density at radius 3 is 2.64 bits per heavy atom. The zero-order valence-electron chi connectivity index (χ0n) is 12.7. The van der Waals surface area contributed by atoms with E-state index in [1.807, 2.05) is 6.07 Å². The Kier molecular flexibility index (Phi) is 5.12. The summed E-state index contributed by atoms with van der Waals surface area (Å²) >= 11 is 6.96. The minimum absolute atomic E-state index is 0.0437. The lowest BCUT2D eigenvalue weighted by Gasteiger charge is -2.04. The van der Waals surface area contributed by atoms with Crippen LogP contribution in [0, 0.1) is 0 Å². The highest BCUT2D eigenvalue weighted by molar-refractivity contribution is 7.92. The maximum atomic E-state index is 12.2. The van der Waals surface area contributed by atoms with E-state index in [-0.39, 0.29) is 4.90 Å². The first-order chi connectivity index (χ1) is 11.9. The van der Waals surface area contributed by atoms with Crippen molar-refractivity contribution in [1.29, 1.82) is 0 Å². The Hall–Kier alpha value is -2.29. The van der Waals surface area contributed by atoms with E-state index < -0.39 is 21.5 Å². The molecule has 3 rings (SSSR count). The molecule has 0 unspecified atom stereocenters. The number of halogens is 1. The van der Waals surface area contributed by atoms with Crippen LogP contribution in [-0.2, 0) is 14.6 Å². The first kappa shape index (κ1) is 17.5. The van der Waals surface area contributed by atoms with Crippen LogP contribution < -0.4 is 5.32 Å². The highest BCUT2D eigenvalue weighted by Crippen LogP contribution is 2.24. The summed E-state index contributed by atoms with van der Waals surface area (Å²) in [7, 11) is -3.75. The number of hydrogen-bond donors (Lipinski definition) is 1. The third kappa shape index (κ3) is 4.41. The molecule has 6 nitrogen and oxygen atoms in total. The minimum Gasteiger partial charge on any atom is -0.301 e. The summed E-state index contributed by atoms with van der Waals surface area (Å²) in [5.41, 5.74) is 1.47. The molecule has 9 heteroatoms. The molecule has 0 saturated carbocycles. The van der Waals surface area contributed by atoms with E-state index in [2.05, 4.69) is 15.3 Å². The van der Waals surface area contributed by atoms with Crippen molar-refractivity contribution < 1.29 is 13.2 Å². The maximum Gasteiger partial charge on any atom is 0.241 e. The lowest BCUT2D eigenvalue weighted by molar-refractivity contribution is -0.113. The van der Waals surface area contributed by atoms with Gasteiger partial charge in [-0.3, -0.25) is 9.78 Å². The first-order valence-electron chi connectivity index (χ1n) is 7.08. The molecule has 0 spiro atoms. The van der Waals surface area contributed by atoms with Gasteiger partial charge >= 0.3 is 0 Å². The lowest BCUT2D eigenvalue weighted by atomic mass is 10.2. The summed E-state index contributed by atoms with van der Waals surface area (Å²) in [6, 6.07) is 9.30. The molecule has 128 valence electrons. The Balaban J connectivity index is 1.69. The second-order valence-electron chi connectivity index (χ2n) is 5.04. The van der Waals surface area contributed by atoms with Crippen LogP contribution in [0.1, 0.15) is 0 Å². The van der Waals surface area contributed by atoms with Gasteiger partial charge in [0.2, 0.25) is 5.91 Å². The molecule has 0 atom stereocenters. The molecule has 0 fully saturated rings. The van der Waals surface area contributed by atoms with E-state index in [1.165, 1.54) is 35.6 Å². The highest BCUT2D eigenvalue weighted by Gasteiger charge is 2.20. The van der Waals surface area contributed by atoms with Crippen molar-refractivity contribution in [2.45, 2.75) is 4.90 Å². The van der Waals surface area contributed by atoms with Crippen LogP contribution >= 0.6 is 22.9 Å². The van der Waals surface area contributed by atoms with Gasteiger partial charge in [0.25, 0.3) is 0 Å². The molecule has 25 heavy (non-hydrogen) atoms. The van der Waals surface area contributed by atoms with Crippen LogP contribution in [0.15, 0.2) is 59.1 Å². The molecule has 0 radical (unpaired) electrons. The van der Waals surface area contributed by atoms with E-state index in [0.717, 1.165) is 5.56 Å². The minimum atomic E-state index is -3.75. The zero-order chi connectivity index (χ0) is 17.9. The number of hydrogen-bond acceptors (Lipinski definition) is 6. The van der Waals surface area contributed by atoms with Crippen LogP contribution in [0.5, 0.6) is 0 Å². The Morgan fingerprint density at radius 1 is 1.20 bits per heavy atom. The van der Waals surface area contributed by atoms with Gasteiger partial charge in [0.15, 0.2) is 15.0 Å². The van der Waals surface area contributed by atoms with Gasteiger partial charge in [0, 0.05) is 28.4 Å². The normalized spacial score (nSPS) is 11.2. The van der Waals surface area contributed by atoms with Crippen molar-refractivity contribution in [3.63, 3.8) is 0 Å². The number of thiazole rings is 1. The number of rotatable bonds is 5. The van der Waals surface area contributed by atoms with Crippen LogP contribution in [0.2, 0.25) is 5.02 Å². The lowest BCUT2D eigenvalue weighted by Crippen LogP contribution is -2.22. The van der Waals surface area contributed by atoms with E-state index in [1.54, 1.807) is 23.8 Å². The van der Waals surface area contributed by atoms with E-state index in [4.69, 9.17) is 11.6 Å². The Bertz CT molecular complexity index is 987. The molecule has 1 N–H and O–H groups in total. The van der Waals surface area contributed by atoms with Crippen molar-refractivity contribution in [2.24, 2.45) is 0 Å². The van der Waals surface area contributed by atoms with Crippen molar-refractivity contribution in [2.75, 3.05) is 11.1 Å². The number of amides is 1. The van der Waals surface area contributed by atoms with Gasteiger partial charge in [0.1, 0.15) is 5.75 Å². The van der Waals surface area contributed by atoms with Crippen molar-refractivity contribution in [1.82, 2.24) is 9.97 Å². The predicted molar refractivity (Wildman–Crippen MR) is 97.5 cm³/mol. The zero-order valence-corrected chi connectivity index (χ0v) is 15.1. The monoisotopic (exact) mass is 393 g/mol. The molecule has 0 aliphatic carbocycles. The Morgan fingerprint density at radius 2 is 1.96 bits per heavy atom. The maximum absolute atomic E-state index is 12.2. The fourth-order valence-corrected chi connectivity index (χ4v) is 4.03. The summed E-state index contributed by atoms with van der Waals surface area (Å²) in [6.07, 6.45) is 3.31. The van der Waals surface area contributed by atoms with Gasteiger partial charge in [-0.25, -0.2) is 13.4 Å². The number of carbonyl (C=O) groups excluding carboxylic acids is 1. The van der Waals surface area contributed by atoms with Gasteiger partial charge in [-0.15, -0.1) is 11.3 Å². The Labute approximate surface area is 153 Å². The van der Waals surface area contributed by atoms with E-state index >= 15 is 0 Å². The van der Waals surface area contributed by atoms with E-state index in [0.29, 0.717) is 15.8 Å². The molecule has 0 bridgehead atoms. The molecule has 0 aliphatic heterocycles. The fraction of sp³-hybridized carbons (Fsp3) is 0.0625. The quantitative estimate of drug-likeness (QED) is 0.718. The average molecular weight is 394 g/mol. The summed E-state index contributed by atoms with van der Waals surface area (Å²) in [5, 5.41) is 5.03. The molecule has 2 aromatic heterocycles. The average Bonchev–Trinajstić information content (AvgIpc) is 3.04. The third-order valence-corrected chi connectivity index (χ3v) is 5.84. The standard InChI is InChI=1S/C16H12ClN3O3S2/c17-12-3-5-13(6-4-12)25(22,23)10-15(21)20-16-19-14(9-24-16)11-2-1-7-18-8-11/h1-9H,10H2,(H,19,20,21). The summed E-state index contributed by atoms with van der Waals surface area (Å²) in [5.74, 6) is -1.32. The smallest absolute Gasteiger partial charge is 0.241 e. The molecule has 2 heterocycles. The van der Waals surface area contributed by atoms with Crippen molar-refractivity contribution in [3.05, 3.63) is 59.2 Å². The number of sulfone groups is 1. The number of carbonyl (C=O) groups is 1. The SMILES string of the molecule is O=C(CS(=O)(=O)c1ccc(Cl)cc1)Nc1nc(-c2cccnc2)cs1. The second-order valence-corrected chi connectivity index (χ2v) is 8.32. The topological polar surface area (TPSA) is 89.0 Å². The number of aromatic nitrogens is 2. The van der Waals surface area contributed by atoms with Gasteiger partial charge < -0.3 is 5.32 Å². The van der Waals surface area contributed by atoms with Crippen LogP contribution in [0.4, 0.5) is 5.13 Å². The van der Waals surface area contributed by atoms with Crippen LogP contribution in [0.25, 0.3) is 11.3 Å². The number of benzene rings is 1.